The Kier molecular flexibility index (Phi) is 4.55. The van der Waals surface area contributed by atoms with Crippen molar-refractivity contribution >= 4 is 0 Å². The van der Waals surface area contributed by atoms with Gasteiger partial charge in [-0.05, 0) is 37.3 Å². The summed E-state index contributed by atoms with van der Waals surface area (Å²) in [7, 11) is 0. The van der Waals surface area contributed by atoms with Crippen molar-refractivity contribution in [2.24, 2.45) is 5.73 Å². The zero-order chi connectivity index (χ0) is 9.52. The maximum Gasteiger partial charge on any atom is -0.00457 e. The molecule has 71 valence electrons. The summed E-state index contributed by atoms with van der Waals surface area (Å²) in [6, 6.07) is 10.6. The maximum atomic E-state index is 5.40. The monoisotopic (exact) mass is 176 g/mol. The van der Waals surface area contributed by atoms with Crippen LogP contribution in [-0.2, 0) is 0 Å². The zero-order valence-electron chi connectivity index (χ0n) is 8.24. The average Bonchev–Trinajstić information content (AvgIpc) is 2.19. The maximum absolute atomic E-state index is 5.40. The Morgan fingerprint density at radius 2 is 2.00 bits per heavy atom. The number of nitrogens with two attached hydrogens (primary N) is 1. The van der Waals surface area contributed by atoms with Gasteiger partial charge in [0.05, 0.1) is 0 Å². The van der Waals surface area contributed by atoms with Crippen LogP contribution in [-0.4, -0.2) is 6.54 Å². The Morgan fingerprint density at radius 3 is 2.62 bits per heavy atom. The largest absolute Gasteiger partial charge is 0.330 e. The lowest BCUT2D eigenvalue weighted by Crippen LogP contribution is -2.00. The van der Waals surface area contributed by atoms with Gasteiger partial charge in [-0.2, -0.15) is 0 Å². The molecule has 1 radical (unpaired) electrons. The summed E-state index contributed by atoms with van der Waals surface area (Å²) >= 11 is 0. The molecule has 0 saturated carbocycles. The van der Waals surface area contributed by atoms with Crippen molar-refractivity contribution in [3.05, 3.63) is 42.3 Å². The summed E-state index contributed by atoms with van der Waals surface area (Å²) in [6.45, 7) is 2.96. The molecule has 1 aromatic rings. The van der Waals surface area contributed by atoms with E-state index in [1.165, 1.54) is 12.0 Å². The molecular formula is C12H18N. The standard InChI is InChI=1S/C12H18N/c1-11(7-5-6-10-13)12-8-3-2-4-9-12/h2-4,6,8-9,11H,5,7,10,13H2,1H3. The van der Waals surface area contributed by atoms with Crippen LogP contribution in [0.15, 0.2) is 30.3 Å². The fraction of sp³-hybridized carbons (Fsp3) is 0.417. The van der Waals surface area contributed by atoms with E-state index in [9.17, 15) is 0 Å². The summed E-state index contributed by atoms with van der Waals surface area (Å²) in [5, 5.41) is 0. The second kappa shape index (κ2) is 5.76. The highest BCUT2D eigenvalue weighted by Crippen LogP contribution is 2.20. The molecule has 0 saturated heterocycles. The van der Waals surface area contributed by atoms with Gasteiger partial charge >= 0.3 is 0 Å². The molecule has 1 nitrogen and oxygen atoms in total. The lowest BCUT2D eigenvalue weighted by molar-refractivity contribution is 0.667. The molecule has 0 aliphatic heterocycles. The second-order valence-electron chi connectivity index (χ2n) is 3.41. The molecule has 0 bridgehead atoms. The molecule has 0 aliphatic carbocycles. The summed E-state index contributed by atoms with van der Waals surface area (Å²) < 4.78 is 0. The second-order valence-corrected chi connectivity index (χ2v) is 3.41. The van der Waals surface area contributed by atoms with E-state index in [0.29, 0.717) is 12.5 Å². The van der Waals surface area contributed by atoms with Gasteiger partial charge in [-0.25, -0.2) is 0 Å². The molecule has 0 heterocycles. The van der Waals surface area contributed by atoms with Crippen LogP contribution in [0, 0.1) is 6.42 Å². The Balaban J connectivity index is 2.35. The van der Waals surface area contributed by atoms with Crippen molar-refractivity contribution in [3.8, 4) is 0 Å². The predicted octanol–water partition coefficient (Wildman–Crippen LogP) is 2.73. The number of hydrogen-bond acceptors (Lipinski definition) is 1. The van der Waals surface area contributed by atoms with Gasteiger partial charge in [-0.3, -0.25) is 0 Å². The first-order valence-electron chi connectivity index (χ1n) is 4.91. The Hall–Kier alpha value is -0.820. The van der Waals surface area contributed by atoms with Crippen LogP contribution >= 0.6 is 0 Å². The number of hydrogen-bond donors (Lipinski definition) is 1. The van der Waals surface area contributed by atoms with Crippen LogP contribution in [0.4, 0.5) is 0 Å². The average molecular weight is 176 g/mol. The Bertz CT molecular complexity index is 218. The predicted molar refractivity (Wildman–Crippen MR) is 57.4 cm³/mol. The fourth-order valence-electron chi connectivity index (χ4n) is 1.43. The van der Waals surface area contributed by atoms with E-state index in [2.05, 4.69) is 43.7 Å². The van der Waals surface area contributed by atoms with Crippen LogP contribution in [0.25, 0.3) is 0 Å². The normalized spacial score (nSPS) is 12.8. The van der Waals surface area contributed by atoms with E-state index in [-0.39, 0.29) is 0 Å². The highest BCUT2D eigenvalue weighted by atomic mass is 14.5. The molecule has 1 heteroatoms. The highest BCUT2D eigenvalue weighted by molar-refractivity contribution is 5.18. The Labute approximate surface area is 81.0 Å². The molecule has 0 aliphatic rings. The minimum Gasteiger partial charge on any atom is -0.330 e. The SMILES string of the molecule is CC(CC[CH]CN)c1ccccc1. The molecule has 13 heavy (non-hydrogen) atoms. The van der Waals surface area contributed by atoms with Crippen molar-refractivity contribution in [1.29, 1.82) is 0 Å². The van der Waals surface area contributed by atoms with Gasteiger partial charge in [0.1, 0.15) is 0 Å². The minimum atomic E-state index is 0.643. The molecule has 1 atom stereocenters. The van der Waals surface area contributed by atoms with Crippen molar-refractivity contribution in [3.63, 3.8) is 0 Å². The molecule has 0 spiro atoms. The topological polar surface area (TPSA) is 26.0 Å². The number of rotatable bonds is 5. The van der Waals surface area contributed by atoms with Crippen LogP contribution in [0.3, 0.4) is 0 Å². The van der Waals surface area contributed by atoms with Crippen molar-refractivity contribution < 1.29 is 0 Å². The first-order valence-corrected chi connectivity index (χ1v) is 4.91. The van der Waals surface area contributed by atoms with E-state index in [1.807, 2.05) is 0 Å². The van der Waals surface area contributed by atoms with Crippen molar-refractivity contribution in [2.75, 3.05) is 6.54 Å². The van der Waals surface area contributed by atoms with Crippen molar-refractivity contribution in [2.45, 2.75) is 25.7 Å². The third-order valence-electron chi connectivity index (χ3n) is 2.34. The fourth-order valence-corrected chi connectivity index (χ4v) is 1.43. The quantitative estimate of drug-likeness (QED) is 0.686. The van der Waals surface area contributed by atoms with Gasteiger partial charge < -0.3 is 5.73 Å². The summed E-state index contributed by atoms with van der Waals surface area (Å²) in [6.07, 6.45) is 4.45. The lowest BCUT2D eigenvalue weighted by Gasteiger charge is -2.10. The first-order chi connectivity index (χ1) is 6.34. The lowest BCUT2D eigenvalue weighted by atomic mass is 9.96. The van der Waals surface area contributed by atoms with Gasteiger partial charge in [0.2, 0.25) is 0 Å². The third kappa shape index (κ3) is 3.60. The van der Waals surface area contributed by atoms with Crippen molar-refractivity contribution in [1.82, 2.24) is 0 Å². The summed E-state index contributed by atoms with van der Waals surface area (Å²) in [5.74, 6) is 0.643. The van der Waals surface area contributed by atoms with E-state index in [1.54, 1.807) is 0 Å². The summed E-state index contributed by atoms with van der Waals surface area (Å²) in [4.78, 5) is 0. The van der Waals surface area contributed by atoms with E-state index < -0.39 is 0 Å². The highest BCUT2D eigenvalue weighted by Gasteiger charge is 2.03. The minimum absolute atomic E-state index is 0.643. The number of unbranched alkanes of at least 4 members (excludes halogenated alkanes) is 1. The smallest absolute Gasteiger partial charge is 0.00457 e. The molecule has 0 fully saturated rings. The molecule has 2 N–H and O–H groups in total. The summed E-state index contributed by atoms with van der Waals surface area (Å²) in [5.41, 5.74) is 6.82. The zero-order valence-corrected chi connectivity index (χ0v) is 8.24. The van der Waals surface area contributed by atoms with Crippen LogP contribution < -0.4 is 5.73 Å². The molecule has 1 unspecified atom stereocenters. The number of benzene rings is 1. The van der Waals surface area contributed by atoms with Gasteiger partial charge in [-0.15, -0.1) is 0 Å². The van der Waals surface area contributed by atoms with E-state index in [4.69, 9.17) is 5.73 Å². The van der Waals surface area contributed by atoms with Gasteiger partial charge in [-0.1, -0.05) is 37.3 Å². The van der Waals surface area contributed by atoms with E-state index in [0.717, 1.165) is 6.42 Å². The van der Waals surface area contributed by atoms with E-state index >= 15 is 0 Å². The van der Waals surface area contributed by atoms with Crippen LogP contribution in [0.5, 0.6) is 0 Å². The van der Waals surface area contributed by atoms with Crippen LogP contribution in [0.1, 0.15) is 31.2 Å². The Morgan fingerprint density at radius 1 is 1.31 bits per heavy atom. The van der Waals surface area contributed by atoms with Crippen LogP contribution in [0.2, 0.25) is 0 Å². The molecule has 1 aromatic carbocycles. The third-order valence-corrected chi connectivity index (χ3v) is 2.34. The molecule has 0 amide bonds. The first kappa shape index (κ1) is 10.3. The van der Waals surface area contributed by atoms with Gasteiger partial charge in [0.25, 0.3) is 0 Å². The molecular weight excluding hydrogens is 158 g/mol. The molecule has 1 rings (SSSR count). The molecule has 0 aromatic heterocycles. The van der Waals surface area contributed by atoms with Gasteiger partial charge in [0.15, 0.2) is 0 Å². The van der Waals surface area contributed by atoms with Gasteiger partial charge in [0, 0.05) is 0 Å².